The third-order valence-electron chi connectivity index (χ3n) is 6.18. The Labute approximate surface area is 147 Å². The van der Waals surface area contributed by atoms with E-state index in [4.69, 9.17) is 4.74 Å². The van der Waals surface area contributed by atoms with Gasteiger partial charge in [0.1, 0.15) is 0 Å². The number of nitrogens with zero attached hydrogens (tertiary/aromatic N) is 2. The molecule has 0 aromatic rings. The number of ether oxygens (including phenoxy) is 1. The van der Waals surface area contributed by atoms with Crippen LogP contribution in [0.4, 0.5) is 0 Å². The van der Waals surface area contributed by atoms with Crippen LogP contribution in [0, 0.1) is 5.92 Å². The largest absolute Gasteiger partial charge is 0.379 e. The van der Waals surface area contributed by atoms with Crippen LogP contribution in [0.5, 0.6) is 0 Å². The lowest BCUT2D eigenvalue weighted by Gasteiger charge is -2.48. The maximum absolute atomic E-state index is 5.58. The Morgan fingerprint density at radius 1 is 1.21 bits per heavy atom. The molecule has 0 amide bonds. The summed E-state index contributed by atoms with van der Waals surface area (Å²) in [7, 11) is 1.90. The average Bonchev–Trinajstić information content (AvgIpc) is 3.38. The molecule has 1 heterocycles. The molecule has 0 aromatic carbocycles. The lowest BCUT2D eigenvalue weighted by atomic mass is 9.80. The molecular formula is C19H36N4O. The average molecular weight is 337 g/mol. The molecule has 1 aliphatic heterocycles. The quantitative estimate of drug-likeness (QED) is 0.577. The predicted octanol–water partition coefficient (Wildman–Crippen LogP) is 2.38. The van der Waals surface area contributed by atoms with Crippen molar-refractivity contribution in [1.82, 2.24) is 15.5 Å². The topological polar surface area (TPSA) is 48.9 Å². The molecular weight excluding hydrogens is 300 g/mol. The summed E-state index contributed by atoms with van der Waals surface area (Å²) >= 11 is 0. The van der Waals surface area contributed by atoms with Gasteiger partial charge in [-0.05, 0) is 31.6 Å². The van der Waals surface area contributed by atoms with Crippen LogP contribution < -0.4 is 10.6 Å². The molecule has 0 bridgehead atoms. The molecule has 3 rings (SSSR count). The van der Waals surface area contributed by atoms with E-state index < -0.39 is 0 Å². The summed E-state index contributed by atoms with van der Waals surface area (Å²) in [4.78, 5) is 7.16. The summed E-state index contributed by atoms with van der Waals surface area (Å²) in [5.41, 5.74) is 0.298. The highest BCUT2D eigenvalue weighted by atomic mass is 16.5. The summed E-state index contributed by atoms with van der Waals surface area (Å²) in [6.45, 7) is 7.21. The second-order valence-corrected chi connectivity index (χ2v) is 7.85. The molecule has 2 aliphatic carbocycles. The Morgan fingerprint density at radius 2 is 1.96 bits per heavy atom. The van der Waals surface area contributed by atoms with E-state index in [1.54, 1.807) is 0 Å². The molecule has 2 unspecified atom stereocenters. The zero-order chi connectivity index (χ0) is 16.8. The Morgan fingerprint density at radius 3 is 2.62 bits per heavy atom. The third-order valence-corrected chi connectivity index (χ3v) is 6.18. The maximum atomic E-state index is 5.58. The maximum Gasteiger partial charge on any atom is 0.191 e. The molecule has 0 aromatic heterocycles. The number of hydrogen-bond donors (Lipinski definition) is 2. The highest BCUT2D eigenvalue weighted by Crippen LogP contribution is 2.35. The van der Waals surface area contributed by atoms with Crippen LogP contribution in [-0.2, 0) is 4.74 Å². The Bertz CT molecular complexity index is 414. The van der Waals surface area contributed by atoms with Crippen LogP contribution in [0.15, 0.2) is 4.99 Å². The first-order valence-electron chi connectivity index (χ1n) is 10.1. The van der Waals surface area contributed by atoms with E-state index in [2.05, 4.69) is 27.4 Å². The van der Waals surface area contributed by atoms with Gasteiger partial charge in [0.25, 0.3) is 0 Å². The van der Waals surface area contributed by atoms with Crippen molar-refractivity contribution in [2.45, 2.75) is 69.9 Å². The smallest absolute Gasteiger partial charge is 0.191 e. The van der Waals surface area contributed by atoms with Crippen molar-refractivity contribution in [2.24, 2.45) is 10.9 Å². The molecule has 5 nitrogen and oxygen atoms in total. The normalized spacial score (nSPS) is 30.8. The molecule has 138 valence electrons. The number of guanidine groups is 1. The minimum atomic E-state index is 0.298. The Hall–Kier alpha value is -0.810. The van der Waals surface area contributed by atoms with Crippen LogP contribution in [0.1, 0.15) is 58.3 Å². The molecule has 2 atom stereocenters. The number of nitrogens with one attached hydrogen (secondary N) is 2. The van der Waals surface area contributed by atoms with Gasteiger partial charge in [-0.25, -0.2) is 0 Å². The molecule has 0 radical (unpaired) electrons. The van der Waals surface area contributed by atoms with Crippen molar-refractivity contribution in [3.05, 3.63) is 0 Å². The lowest BCUT2D eigenvalue weighted by molar-refractivity contribution is -0.0352. The minimum absolute atomic E-state index is 0.298. The summed E-state index contributed by atoms with van der Waals surface area (Å²) in [5.74, 6) is 1.85. The van der Waals surface area contributed by atoms with Gasteiger partial charge >= 0.3 is 0 Å². The van der Waals surface area contributed by atoms with E-state index in [1.165, 1.54) is 51.4 Å². The van der Waals surface area contributed by atoms with Gasteiger partial charge < -0.3 is 15.4 Å². The molecule has 1 saturated heterocycles. The van der Waals surface area contributed by atoms with E-state index in [-0.39, 0.29) is 0 Å². The molecule has 2 saturated carbocycles. The van der Waals surface area contributed by atoms with Crippen LogP contribution in [-0.4, -0.2) is 62.3 Å². The summed E-state index contributed by atoms with van der Waals surface area (Å²) in [5, 5.41) is 7.30. The second-order valence-electron chi connectivity index (χ2n) is 7.85. The molecule has 5 heteroatoms. The first-order valence-corrected chi connectivity index (χ1v) is 10.1. The molecule has 3 aliphatic rings. The van der Waals surface area contributed by atoms with Gasteiger partial charge in [-0.1, -0.05) is 32.6 Å². The highest BCUT2D eigenvalue weighted by Gasteiger charge is 2.40. The first-order chi connectivity index (χ1) is 11.8. The number of morpholine rings is 1. The molecule has 3 fully saturated rings. The van der Waals surface area contributed by atoms with Crippen LogP contribution in [0.2, 0.25) is 0 Å². The zero-order valence-corrected chi connectivity index (χ0v) is 15.6. The number of aliphatic imine (C=N–C) groups is 1. The van der Waals surface area contributed by atoms with Crippen molar-refractivity contribution in [2.75, 3.05) is 39.9 Å². The second kappa shape index (κ2) is 8.52. The van der Waals surface area contributed by atoms with Gasteiger partial charge in [-0.15, -0.1) is 0 Å². The first kappa shape index (κ1) is 18.0. The monoisotopic (exact) mass is 336 g/mol. The van der Waals surface area contributed by atoms with E-state index in [0.29, 0.717) is 11.6 Å². The fourth-order valence-electron chi connectivity index (χ4n) is 4.59. The summed E-state index contributed by atoms with van der Waals surface area (Å²) in [6.07, 6.45) is 10.6. The minimum Gasteiger partial charge on any atom is -0.379 e. The van der Waals surface area contributed by atoms with E-state index >= 15 is 0 Å². The fraction of sp³-hybridized carbons (Fsp3) is 0.947. The van der Waals surface area contributed by atoms with Gasteiger partial charge in [-0.3, -0.25) is 9.89 Å². The van der Waals surface area contributed by atoms with Gasteiger partial charge in [0.2, 0.25) is 0 Å². The Kier molecular flexibility index (Phi) is 6.39. The standard InChI is InChI=1S/C19H36N4O/c1-3-7-16-14-17(16)22-18(20-2)21-15-19(8-5-4-6-9-19)23-10-12-24-13-11-23/h16-17H,3-15H2,1-2H3,(H2,20,21,22). The van der Waals surface area contributed by atoms with E-state index in [9.17, 15) is 0 Å². The number of rotatable bonds is 6. The van der Waals surface area contributed by atoms with Crippen molar-refractivity contribution in [3.63, 3.8) is 0 Å². The predicted molar refractivity (Wildman–Crippen MR) is 99.5 cm³/mol. The lowest BCUT2D eigenvalue weighted by Crippen LogP contribution is -2.60. The zero-order valence-electron chi connectivity index (χ0n) is 15.6. The Balaban J connectivity index is 1.54. The summed E-state index contributed by atoms with van der Waals surface area (Å²) < 4.78 is 5.58. The van der Waals surface area contributed by atoms with Gasteiger partial charge in [0, 0.05) is 38.3 Å². The molecule has 0 spiro atoms. The van der Waals surface area contributed by atoms with Crippen molar-refractivity contribution >= 4 is 5.96 Å². The molecule has 24 heavy (non-hydrogen) atoms. The van der Waals surface area contributed by atoms with Crippen LogP contribution in [0.25, 0.3) is 0 Å². The van der Waals surface area contributed by atoms with Gasteiger partial charge in [0.15, 0.2) is 5.96 Å². The van der Waals surface area contributed by atoms with E-state index in [0.717, 1.165) is 44.7 Å². The third kappa shape index (κ3) is 4.42. The van der Waals surface area contributed by atoms with Gasteiger partial charge in [-0.2, -0.15) is 0 Å². The SMILES string of the molecule is CCCC1CC1NC(=NC)NCC1(N2CCOCC2)CCCCC1. The van der Waals surface area contributed by atoms with Crippen LogP contribution >= 0.6 is 0 Å². The van der Waals surface area contributed by atoms with Crippen molar-refractivity contribution < 1.29 is 4.74 Å². The molecule has 2 N–H and O–H groups in total. The number of hydrogen-bond acceptors (Lipinski definition) is 3. The summed E-state index contributed by atoms with van der Waals surface area (Å²) in [6, 6.07) is 0.641. The van der Waals surface area contributed by atoms with Gasteiger partial charge in [0.05, 0.1) is 13.2 Å². The van der Waals surface area contributed by atoms with Crippen molar-refractivity contribution in [1.29, 1.82) is 0 Å². The van der Waals surface area contributed by atoms with E-state index in [1.807, 2.05) is 7.05 Å². The fourth-order valence-corrected chi connectivity index (χ4v) is 4.59. The van der Waals surface area contributed by atoms with Crippen molar-refractivity contribution in [3.8, 4) is 0 Å². The van der Waals surface area contributed by atoms with Crippen LogP contribution in [0.3, 0.4) is 0 Å². The highest BCUT2D eigenvalue weighted by molar-refractivity contribution is 5.80.